The van der Waals surface area contributed by atoms with Crippen LogP contribution in [-0.4, -0.2) is 10.8 Å². The molecule has 0 radical (unpaired) electrons. The van der Waals surface area contributed by atoms with Gasteiger partial charge in [-0.1, -0.05) is 25.5 Å². The van der Waals surface area contributed by atoms with Crippen molar-refractivity contribution in [3.05, 3.63) is 47.8 Å². The molecule has 5 nitrogen and oxygen atoms in total. The van der Waals surface area contributed by atoms with Crippen LogP contribution in [0.5, 0.6) is 0 Å². The molecule has 0 amide bonds. The SMILES string of the molecule is CCCC1=CC(N)=NC(N)(c2ccc3cc[nH]c3c2)N1.Cl. The molecule has 1 unspecified atom stereocenters. The highest BCUT2D eigenvalue weighted by atomic mass is 35.5. The second kappa shape index (κ2) is 5.79. The van der Waals surface area contributed by atoms with E-state index in [1.165, 1.54) is 0 Å². The summed E-state index contributed by atoms with van der Waals surface area (Å²) in [6.45, 7) is 2.12. The van der Waals surface area contributed by atoms with E-state index >= 15 is 0 Å². The smallest absolute Gasteiger partial charge is 0.211 e. The van der Waals surface area contributed by atoms with Gasteiger partial charge in [-0.05, 0) is 30.0 Å². The fourth-order valence-corrected chi connectivity index (χ4v) is 2.55. The Bertz CT molecular complexity index is 703. The summed E-state index contributed by atoms with van der Waals surface area (Å²) in [6.07, 6.45) is 5.69. The van der Waals surface area contributed by atoms with Gasteiger partial charge in [-0.15, -0.1) is 12.4 Å². The van der Waals surface area contributed by atoms with Crippen molar-refractivity contribution in [2.24, 2.45) is 16.5 Å². The summed E-state index contributed by atoms with van der Waals surface area (Å²) in [6, 6.07) is 8.04. The number of nitrogens with two attached hydrogens (primary N) is 2. The Hall–Kier alpha value is -1.98. The molecule has 0 saturated heterocycles. The van der Waals surface area contributed by atoms with Crippen LogP contribution in [-0.2, 0) is 5.79 Å². The monoisotopic (exact) mass is 305 g/mol. The van der Waals surface area contributed by atoms with Crippen LogP contribution < -0.4 is 16.8 Å². The number of hydrogen-bond acceptors (Lipinski definition) is 4. The summed E-state index contributed by atoms with van der Waals surface area (Å²) >= 11 is 0. The van der Waals surface area contributed by atoms with Crippen LogP contribution >= 0.6 is 12.4 Å². The summed E-state index contributed by atoms with van der Waals surface area (Å²) in [5, 5.41) is 4.44. The van der Waals surface area contributed by atoms with Crippen molar-refractivity contribution in [2.75, 3.05) is 0 Å². The number of allylic oxidation sites excluding steroid dienone is 1. The highest BCUT2D eigenvalue weighted by molar-refractivity contribution is 5.93. The lowest BCUT2D eigenvalue weighted by molar-refractivity contribution is 0.387. The fraction of sp³-hybridized carbons (Fsp3) is 0.267. The summed E-state index contributed by atoms with van der Waals surface area (Å²) in [4.78, 5) is 7.57. The number of nitrogens with one attached hydrogen (secondary N) is 2. The molecule has 1 aliphatic rings. The van der Waals surface area contributed by atoms with Gasteiger partial charge in [0.15, 0.2) is 0 Å². The lowest BCUT2D eigenvalue weighted by atomic mass is 10.0. The second-order valence-corrected chi connectivity index (χ2v) is 5.13. The number of H-pyrrole nitrogens is 1. The first-order valence-corrected chi connectivity index (χ1v) is 6.81. The van der Waals surface area contributed by atoms with Crippen molar-refractivity contribution in [3.63, 3.8) is 0 Å². The molecule has 3 rings (SSSR count). The van der Waals surface area contributed by atoms with Crippen LogP contribution in [0.25, 0.3) is 10.9 Å². The molecule has 6 heteroatoms. The molecular weight excluding hydrogens is 286 g/mol. The van der Waals surface area contributed by atoms with E-state index in [1.54, 1.807) is 0 Å². The molecule has 0 aliphatic carbocycles. The van der Waals surface area contributed by atoms with Gasteiger partial charge in [0.25, 0.3) is 0 Å². The maximum Gasteiger partial charge on any atom is 0.211 e. The van der Waals surface area contributed by atoms with Crippen LogP contribution in [0.4, 0.5) is 0 Å². The molecule has 1 aromatic carbocycles. The second-order valence-electron chi connectivity index (χ2n) is 5.13. The van der Waals surface area contributed by atoms with Gasteiger partial charge in [0.1, 0.15) is 5.84 Å². The molecule has 1 aromatic heterocycles. The first-order valence-electron chi connectivity index (χ1n) is 6.81. The van der Waals surface area contributed by atoms with Crippen LogP contribution in [0.3, 0.4) is 0 Å². The van der Waals surface area contributed by atoms with E-state index in [9.17, 15) is 0 Å². The first kappa shape index (κ1) is 15.4. The quantitative estimate of drug-likeness (QED) is 0.701. The van der Waals surface area contributed by atoms with Crippen molar-refractivity contribution >= 4 is 29.1 Å². The number of benzene rings is 1. The van der Waals surface area contributed by atoms with Gasteiger partial charge in [0.05, 0.1) is 0 Å². The van der Waals surface area contributed by atoms with E-state index in [-0.39, 0.29) is 12.4 Å². The maximum absolute atomic E-state index is 6.42. The highest BCUT2D eigenvalue weighted by Crippen LogP contribution is 2.25. The number of fused-ring (bicyclic) bond motifs is 1. The average Bonchev–Trinajstić information content (AvgIpc) is 2.85. The van der Waals surface area contributed by atoms with Crippen molar-refractivity contribution in [2.45, 2.75) is 25.6 Å². The van der Waals surface area contributed by atoms with Gasteiger partial charge in [0.2, 0.25) is 5.79 Å². The minimum Gasteiger partial charge on any atom is -0.384 e. The Balaban J connectivity index is 0.00000161. The van der Waals surface area contributed by atoms with E-state index in [0.29, 0.717) is 5.84 Å². The molecule has 1 atom stereocenters. The highest BCUT2D eigenvalue weighted by Gasteiger charge is 2.30. The number of hydrogen-bond donors (Lipinski definition) is 4. The zero-order valence-corrected chi connectivity index (χ0v) is 12.7. The molecule has 112 valence electrons. The van der Waals surface area contributed by atoms with Gasteiger partial charge in [-0.25, -0.2) is 4.99 Å². The molecule has 1 aliphatic heterocycles. The number of aromatic nitrogens is 1. The Kier molecular flexibility index (Phi) is 4.25. The lowest BCUT2D eigenvalue weighted by Gasteiger charge is -2.32. The number of aromatic amines is 1. The third-order valence-electron chi connectivity index (χ3n) is 3.49. The lowest BCUT2D eigenvalue weighted by Crippen LogP contribution is -2.51. The van der Waals surface area contributed by atoms with Gasteiger partial charge < -0.3 is 16.0 Å². The fourth-order valence-electron chi connectivity index (χ4n) is 2.55. The molecule has 0 bridgehead atoms. The largest absolute Gasteiger partial charge is 0.384 e. The molecule has 2 aromatic rings. The van der Waals surface area contributed by atoms with Gasteiger partial charge >= 0.3 is 0 Å². The van der Waals surface area contributed by atoms with E-state index in [1.807, 2.05) is 36.5 Å². The topological polar surface area (TPSA) is 92.2 Å². The van der Waals surface area contributed by atoms with E-state index in [4.69, 9.17) is 11.5 Å². The van der Waals surface area contributed by atoms with Crippen molar-refractivity contribution in [1.29, 1.82) is 0 Å². The van der Waals surface area contributed by atoms with Crippen molar-refractivity contribution < 1.29 is 0 Å². The predicted octanol–water partition coefficient (Wildman–Crippen LogP) is 2.30. The first-order chi connectivity index (χ1) is 9.60. The maximum atomic E-state index is 6.42. The van der Waals surface area contributed by atoms with E-state index in [2.05, 4.69) is 22.2 Å². The van der Waals surface area contributed by atoms with Crippen LogP contribution in [0.15, 0.2) is 47.2 Å². The predicted molar refractivity (Wildman–Crippen MR) is 89.2 cm³/mol. The summed E-state index contributed by atoms with van der Waals surface area (Å²) in [7, 11) is 0. The van der Waals surface area contributed by atoms with E-state index < -0.39 is 5.79 Å². The molecule has 0 spiro atoms. The summed E-state index contributed by atoms with van der Waals surface area (Å²) in [5.41, 5.74) is 15.3. The zero-order valence-electron chi connectivity index (χ0n) is 11.9. The van der Waals surface area contributed by atoms with Crippen LogP contribution in [0, 0.1) is 0 Å². The molecule has 2 heterocycles. The minimum atomic E-state index is -0.997. The Morgan fingerprint density at radius 3 is 2.86 bits per heavy atom. The third-order valence-corrected chi connectivity index (χ3v) is 3.49. The van der Waals surface area contributed by atoms with E-state index in [0.717, 1.165) is 35.0 Å². The van der Waals surface area contributed by atoms with Gasteiger partial charge in [0, 0.05) is 23.0 Å². The molecule has 0 saturated carbocycles. The van der Waals surface area contributed by atoms with Crippen LogP contribution in [0.2, 0.25) is 0 Å². The standard InChI is InChI=1S/C15H19N5.ClH/c1-2-3-12-9-14(16)20-15(17,19-12)11-5-4-10-6-7-18-13(10)8-11;/h4-9,18-19H,2-3,17H2,1H3,(H2,16,20);1H. The normalized spacial score (nSPS) is 21.2. The Labute approximate surface area is 129 Å². The Morgan fingerprint density at radius 2 is 2.10 bits per heavy atom. The van der Waals surface area contributed by atoms with Crippen LogP contribution in [0.1, 0.15) is 25.3 Å². The summed E-state index contributed by atoms with van der Waals surface area (Å²) < 4.78 is 0. The van der Waals surface area contributed by atoms with Crippen molar-refractivity contribution in [3.8, 4) is 0 Å². The summed E-state index contributed by atoms with van der Waals surface area (Å²) in [5.74, 6) is -0.538. The number of halogens is 1. The average molecular weight is 306 g/mol. The molecule has 6 N–H and O–H groups in total. The number of amidine groups is 1. The van der Waals surface area contributed by atoms with Gasteiger partial charge in [-0.3, -0.25) is 5.73 Å². The Morgan fingerprint density at radius 1 is 1.29 bits per heavy atom. The number of aliphatic imine (C=N–C) groups is 1. The van der Waals surface area contributed by atoms with Gasteiger partial charge in [-0.2, -0.15) is 0 Å². The zero-order chi connectivity index (χ0) is 14.2. The third kappa shape index (κ3) is 2.89. The molecular formula is C15H20ClN5. The minimum absolute atomic E-state index is 0. The number of nitrogens with zero attached hydrogens (tertiary/aromatic N) is 1. The molecule has 0 fully saturated rings. The molecule has 21 heavy (non-hydrogen) atoms. The van der Waals surface area contributed by atoms with Crippen molar-refractivity contribution in [1.82, 2.24) is 10.3 Å². The number of rotatable bonds is 3.